The second-order valence-corrected chi connectivity index (χ2v) is 14.0. The Balaban J connectivity index is 1.09. The minimum Gasteiger partial charge on any atom is -0.458 e. The fourth-order valence-corrected chi connectivity index (χ4v) is 10.1. The molecule has 1 unspecified atom stereocenters. The lowest BCUT2D eigenvalue weighted by Crippen LogP contribution is -2.67. The van der Waals surface area contributed by atoms with Gasteiger partial charge in [-0.3, -0.25) is 4.90 Å². The van der Waals surface area contributed by atoms with Crippen molar-refractivity contribution in [1.29, 1.82) is 0 Å². The van der Waals surface area contributed by atoms with Crippen LogP contribution in [0.4, 0.5) is 4.79 Å². The third-order valence-corrected chi connectivity index (χ3v) is 12.4. The topological polar surface area (TPSA) is 131 Å². The summed E-state index contributed by atoms with van der Waals surface area (Å²) in [6, 6.07) is 0.0219. The number of fused-ring (bicyclic) bond motifs is 5. The van der Waals surface area contributed by atoms with Gasteiger partial charge in [0.2, 0.25) is 0 Å². The van der Waals surface area contributed by atoms with E-state index in [0.717, 1.165) is 63.6 Å². The van der Waals surface area contributed by atoms with Crippen molar-refractivity contribution in [2.75, 3.05) is 32.8 Å². The maximum absolute atomic E-state index is 12.6. The van der Waals surface area contributed by atoms with Crippen LogP contribution in [0.15, 0.2) is 11.6 Å². The summed E-state index contributed by atoms with van der Waals surface area (Å²) in [7, 11) is 0. The molecule has 2 amide bonds. The number of likely N-dealkylation sites (tertiary alicyclic amines) is 1. The molecule has 0 aromatic heterocycles. The molecule has 2 aliphatic heterocycles. The van der Waals surface area contributed by atoms with Gasteiger partial charge in [0.05, 0.1) is 17.8 Å². The molecule has 9 heteroatoms. The Morgan fingerprint density at radius 1 is 1.10 bits per heavy atom. The average molecular weight is 546 g/mol. The summed E-state index contributed by atoms with van der Waals surface area (Å²) in [6.45, 7) is 7.59. The first kappa shape index (κ1) is 27.5. The van der Waals surface area contributed by atoms with Crippen molar-refractivity contribution in [2.45, 2.75) is 95.5 Å². The minimum atomic E-state index is -0.958. The molecule has 5 N–H and O–H groups in total. The molecule has 0 aromatic rings. The number of hydrogen-bond acceptors (Lipinski definition) is 7. The van der Waals surface area contributed by atoms with Crippen molar-refractivity contribution in [3.05, 3.63) is 11.6 Å². The first-order chi connectivity index (χ1) is 18.5. The molecule has 10 atom stereocenters. The molecule has 0 aromatic carbocycles. The highest BCUT2D eigenvalue weighted by molar-refractivity contribution is 5.85. The first-order valence-corrected chi connectivity index (χ1v) is 15.3. The van der Waals surface area contributed by atoms with E-state index in [0.29, 0.717) is 31.8 Å². The average Bonchev–Trinajstić information content (AvgIpc) is 3.58. The van der Waals surface area contributed by atoms with E-state index in [-0.39, 0.29) is 53.9 Å². The first-order valence-electron chi connectivity index (χ1n) is 15.3. The summed E-state index contributed by atoms with van der Waals surface area (Å²) in [4.78, 5) is 26.6. The number of cyclic esters (lactones) is 1. The number of urea groups is 1. The maximum Gasteiger partial charge on any atom is 0.331 e. The van der Waals surface area contributed by atoms with Gasteiger partial charge in [0.15, 0.2) is 0 Å². The summed E-state index contributed by atoms with van der Waals surface area (Å²) in [5.41, 5.74) is -0.684. The second-order valence-electron chi connectivity index (χ2n) is 14.0. The van der Waals surface area contributed by atoms with Crippen molar-refractivity contribution in [1.82, 2.24) is 15.5 Å². The molecule has 0 spiro atoms. The van der Waals surface area contributed by atoms with E-state index in [1.165, 1.54) is 0 Å². The number of aliphatic hydroxyl groups excluding tert-OH is 2. The molecular weight excluding hydrogens is 498 g/mol. The van der Waals surface area contributed by atoms with Crippen LogP contribution in [0.3, 0.4) is 0 Å². The zero-order chi connectivity index (χ0) is 27.6. The number of β-amino-alcohol motifs (C(OH)–C–C–N with tert-alkyl or cyclic N) is 1. The lowest BCUT2D eigenvalue weighted by atomic mass is 9.42. The van der Waals surface area contributed by atoms with Gasteiger partial charge < -0.3 is 30.7 Å². The number of rotatable bonds is 5. The van der Waals surface area contributed by atoms with Crippen LogP contribution in [0.1, 0.15) is 71.6 Å². The van der Waals surface area contributed by atoms with Crippen LogP contribution in [-0.4, -0.2) is 88.9 Å². The number of ether oxygens (including phenoxy) is 1. The molecule has 5 fully saturated rings. The Morgan fingerprint density at radius 3 is 2.64 bits per heavy atom. The Labute approximate surface area is 231 Å². The predicted octanol–water partition coefficient (Wildman–Crippen LogP) is 1.95. The molecule has 4 saturated carbocycles. The normalized spacial score (nSPS) is 47.6. The quantitative estimate of drug-likeness (QED) is 0.334. The van der Waals surface area contributed by atoms with Gasteiger partial charge >= 0.3 is 12.0 Å². The van der Waals surface area contributed by atoms with Crippen LogP contribution >= 0.6 is 0 Å². The van der Waals surface area contributed by atoms with Crippen LogP contribution in [-0.2, 0) is 9.53 Å². The van der Waals surface area contributed by atoms with Gasteiger partial charge in [0, 0.05) is 43.7 Å². The molecule has 1 saturated heterocycles. The minimum absolute atomic E-state index is 0.0238. The Bertz CT molecular complexity index is 1020. The van der Waals surface area contributed by atoms with Crippen LogP contribution in [0, 0.1) is 34.5 Å². The van der Waals surface area contributed by atoms with Crippen LogP contribution < -0.4 is 10.6 Å². The van der Waals surface area contributed by atoms with E-state index in [4.69, 9.17) is 4.74 Å². The smallest absolute Gasteiger partial charge is 0.331 e. The van der Waals surface area contributed by atoms with E-state index in [1.54, 1.807) is 6.08 Å². The molecular formula is C30H47N3O6. The Kier molecular flexibility index (Phi) is 7.05. The monoisotopic (exact) mass is 545 g/mol. The highest BCUT2D eigenvalue weighted by atomic mass is 16.5. The van der Waals surface area contributed by atoms with Crippen molar-refractivity contribution in [2.24, 2.45) is 34.5 Å². The van der Waals surface area contributed by atoms with Gasteiger partial charge in [-0.2, -0.15) is 0 Å². The summed E-state index contributed by atoms with van der Waals surface area (Å²) in [6.07, 6.45) is 8.39. The maximum atomic E-state index is 12.6. The van der Waals surface area contributed by atoms with Gasteiger partial charge in [0.25, 0.3) is 0 Å². The fraction of sp³-hybridized carbons (Fsp3) is 0.867. The molecule has 0 radical (unpaired) electrons. The number of carbonyl (C=O) groups is 2. The van der Waals surface area contributed by atoms with Gasteiger partial charge in [-0.25, -0.2) is 9.59 Å². The standard InChI is InChI=1S/C30H47N3O6/c1-28-8-5-20(32-27(37)31-10-12-33-11-7-21(34)16-33)14-19(28)3-4-23-24(28)15-25(35)29(2)22(6-9-30(23,29)38)18-13-26(36)39-17-18/h13,19-25,34-35,38H,3-12,14-17H2,1-2H3,(H2,31,32,37)/t19-,20+,21?,22-,23-,24+,25-,28+,29+,30+/m1/s1. The van der Waals surface area contributed by atoms with Crippen molar-refractivity contribution in [3.63, 3.8) is 0 Å². The van der Waals surface area contributed by atoms with Gasteiger partial charge in [-0.15, -0.1) is 0 Å². The summed E-state index contributed by atoms with van der Waals surface area (Å²) in [5, 5.41) is 40.0. The molecule has 218 valence electrons. The molecule has 39 heavy (non-hydrogen) atoms. The zero-order valence-corrected chi connectivity index (χ0v) is 23.5. The lowest BCUT2D eigenvalue weighted by molar-refractivity contribution is -0.242. The predicted molar refractivity (Wildman–Crippen MR) is 144 cm³/mol. The highest BCUT2D eigenvalue weighted by Gasteiger charge is 2.70. The van der Waals surface area contributed by atoms with E-state index in [1.807, 2.05) is 0 Å². The summed E-state index contributed by atoms with van der Waals surface area (Å²) < 4.78 is 5.21. The Morgan fingerprint density at radius 2 is 1.92 bits per heavy atom. The van der Waals surface area contributed by atoms with Crippen molar-refractivity contribution < 1.29 is 29.6 Å². The van der Waals surface area contributed by atoms with Crippen LogP contribution in [0.5, 0.6) is 0 Å². The number of amides is 2. The van der Waals surface area contributed by atoms with Crippen LogP contribution in [0.2, 0.25) is 0 Å². The number of nitrogens with one attached hydrogen (secondary N) is 2. The van der Waals surface area contributed by atoms with Gasteiger partial charge in [-0.05, 0) is 92.4 Å². The Hall–Kier alpha value is -1.68. The van der Waals surface area contributed by atoms with Crippen LogP contribution in [0.25, 0.3) is 0 Å². The number of hydrogen-bond donors (Lipinski definition) is 5. The number of esters is 1. The van der Waals surface area contributed by atoms with Crippen molar-refractivity contribution in [3.8, 4) is 0 Å². The largest absolute Gasteiger partial charge is 0.458 e. The third-order valence-electron chi connectivity index (χ3n) is 12.4. The van der Waals surface area contributed by atoms with E-state index in [2.05, 4.69) is 29.4 Å². The summed E-state index contributed by atoms with van der Waals surface area (Å²) in [5.74, 6) is 0.469. The van der Waals surface area contributed by atoms with Gasteiger partial charge in [-0.1, -0.05) is 13.8 Å². The molecule has 0 bridgehead atoms. The molecule has 9 nitrogen and oxygen atoms in total. The second kappa shape index (κ2) is 10.00. The van der Waals surface area contributed by atoms with E-state index >= 15 is 0 Å². The van der Waals surface area contributed by atoms with E-state index in [9.17, 15) is 24.9 Å². The number of aliphatic hydroxyl groups is 3. The van der Waals surface area contributed by atoms with Gasteiger partial charge in [0.1, 0.15) is 6.61 Å². The van der Waals surface area contributed by atoms with E-state index < -0.39 is 17.1 Å². The number of carbonyl (C=O) groups excluding carboxylic acids is 2. The van der Waals surface area contributed by atoms with Crippen molar-refractivity contribution >= 4 is 12.0 Å². The molecule has 4 aliphatic carbocycles. The highest BCUT2D eigenvalue weighted by Crippen LogP contribution is 2.69. The zero-order valence-electron chi connectivity index (χ0n) is 23.5. The fourth-order valence-electron chi connectivity index (χ4n) is 10.1. The molecule has 2 heterocycles. The lowest BCUT2D eigenvalue weighted by Gasteiger charge is -2.65. The molecule has 6 aliphatic rings. The SMILES string of the molecule is C[C@]12CC[C@H](NC(=O)NCCN3CCC(O)C3)C[C@H]1CC[C@@H]1[C@@H]2C[C@@H](O)[C@]2(C)[C@@H](C3=CC(=O)OC3)CC[C@]12O. The summed E-state index contributed by atoms with van der Waals surface area (Å²) >= 11 is 0. The molecule has 6 rings (SSSR count). The third kappa shape index (κ3) is 4.43. The number of nitrogens with zero attached hydrogens (tertiary/aromatic N) is 1.